The van der Waals surface area contributed by atoms with E-state index in [9.17, 15) is 13.2 Å². The minimum atomic E-state index is -4.57. The number of nitrogens with zero attached hydrogens (tertiary/aromatic N) is 4. The van der Waals surface area contributed by atoms with E-state index in [0.717, 1.165) is 18.9 Å². The van der Waals surface area contributed by atoms with Crippen molar-refractivity contribution in [1.29, 1.82) is 0 Å². The van der Waals surface area contributed by atoms with Gasteiger partial charge in [-0.25, -0.2) is 15.8 Å². The number of nitrogens with one attached hydrogen (secondary N) is 1. The third-order valence-corrected chi connectivity index (χ3v) is 2.82. The minimum absolute atomic E-state index is 0.123. The van der Waals surface area contributed by atoms with Crippen LogP contribution in [0.15, 0.2) is 12.3 Å². The van der Waals surface area contributed by atoms with Crippen molar-refractivity contribution in [1.82, 2.24) is 19.7 Å². The van der Waals surface area contributed by atoms with E-state index in [0.29, 0.717) is 12.1 Å². The summed E-state index contributed by atoms with van der Waals surface area (Å²) in [5.74, 6) is 4.82. The van der Waals surface area contributed by atoms with Gasteiger partial charge in [0.1, 0.15) is 0 Å². The molecule has 0 atom stereocenters. The van der Waals surface area contributed by atoms with Crippen molar-refractivity contribution in [2.75, 3.05) is 12.5 Å². The fraction of sp³-hybridized carbons (Fsp3) is 0.417. The van der Waals surface area contributed by atoms with Crippen molar-refractivity contribution in [2.24, 2.45) is 5.84 Å². The Labute approximate surface area is 125 Å². The number of aliphatic hydroxyl groups excluding tert-OH is 1. The van der Waals surface area contributed by atoms with Crippen molar-refractivity contribution in [3.8, 4) is 11.3 Å². The summed E-state index contributed by atoms with van der Waals surface area (Å²) in [6, 6.07) is 0.880. The zero-order valence-corrected chi connectivity index (χ0v) is 12.3. The van der Waals surface area contributed by atoms with E-state index < -0.39 is 11.9 Å². The van der Waals surface area contributed by atoms with E-state index in [4.69, 9.17) is 10.9 Å². The number of nitrogen functional groups attached to an aromatic ring is 1. The first-order chi connectivity index (χ1) is 10.4. The second-order valence-electron chi connectivity index (χ2n) is 4.06. The quantitative estimate of drug-likeness (QED) is 0.586. The highest BCUT2D eigenvalue weighted by atomic mass is 19.4. The molecular weight excluding hydrogens is 301 g/mol. The first-order valence-electron chi connectivity index (χ1n) is 6.27. The van der Waals surface area contributed by atoms with Crippen LogP contribution in [0.25, 0.3) is 11.3 Å². The Hall–Kier alpha value is -2.20. The van der Waals surface area contributed by atoms with E-state index in [2.05, 4.69) is 15.1 Å². The second kappa shape index (κ2) is 7.18. The van der Waals surface area contributed by atoms with Gasteiger partial charge < -0.3 is 5.11 Å². The Morgan fingerprint density at radius 3 is 2.41 bits per heavy atom. The molecule has 22 heavy (non-hydrogen) atoms. The van der Waals surface area contributed by atoms with Crippen LogP contribution < -0.4 is 11.3 Å². The Morgan fingerprint density at radius 2 is 1.95 bits per heavy atom. The Bertz CT molecular complexity index is 626. The lowest BCUT2D eigenvalue weighted by Gasteiger charge is -2.10. The number of alkyl halides is 3. The molecule has 2 heterocycles. The van der Waals surface area contributed by atoms with Gasteiger partial charge in [-0.15, -0.1) is 0 Å². The number of aromatic nitrogens is 4. The molecule has 0 aliphatic carbocycles. The minimum Gasteiger partial charge on any atom is -0.400 e. The number of aryl methyl sites for hydroxylation is 1. The maximum absolute atomic E-state index is 12.8. The third-order valence-electron chi connectivity index (χ3n) is 2.82. The topological polar surface area (TPSA) is 102 Å². The molecule has 0 aliphatic rings. The standard InChI is InChI=1S/C11H13F3N6.CH4O/c1-3-20-6(2)7(5-16-20)8-4-9(11(12,13)14)18-10(17-8)19-15;1-2/h4-5H,3,15H2,1-2H3,(H,17,18,19);2H,1H3. The van der Waals surface area contributed by atoms with Gasteiger partial charge in [-0.1, -0.05) is 0 Å². The summed E-state index contributed by atoms with van der Waals surface area (Å²) in [6.07, 6.45) is -3.10. The van der Waals surface area contributed by atoms with Crippen molar-refractivity contribution < 1.29 is 18.3 Å². The highest BCUT2D eigenvalue weighted by Crippen LogP contribution is 2.31. The summed E-state index contributed by atoms with van der Waals surface area (Å²) in [7, 11) is 1.00. The van der Waals surface area contributed by atoms with E-state index in [1.165, 1.54) is 6.20 Å². The molecule has 2 rings (SSSR count). The number of hydrogen-bond donors (Lipinski definition) is 3. The average molecular weight is 318 g/mol. The maximum Gasteiger partial charge on any atom is 0.433 e. The van der Waals surface area contributed by atoms with Crippen LogP contribution in [0.3, 0.4) is 0 Å². The van der Waals surface area contributed by atoms with E-state index in [1.807, 2.05) is 12.3 Å². The molecule has 0 bridgehead atoms. The number of nitrogens with two attached hydrogens (primary N) is 1. The molecular formula is C12H17F3N6O. The normalized spacial score (nSPS) is 10.9. The molecule has 0 aliphatic heterocycles. The first-order valence-corrected chi connectivity index (χ1v) is 6.27. The number of anilines is 1. The van der Waals surface area contributed by atoms with Crippen LogP contribution in [-0.2, 0) is 12.7 Å². The smallest absolute Gasteiger partial charge is 0.400 e. The molecule has 0 unspecified atom stereocenters. The van der Waals surface area contributed by atoms with Gasteiger partial charge in [-0.3, -0.25) is 10.1 Å². The molecule has 122 valence electrons. The zero-order valence-electron chi connectivity index (χ0n) is 12.3. The van der Waals surface area contributed by atoms with Gasteiger partial charge >= 0.3 is 6.18 Å². The predicted octanol–water partition coefficient (Wildman–Crippen LogP) is 1.58. The summed E-state index contributed by atoms with van der Waals surface area (Å²) in [6.45, 7) is 4.26. The van der Waals surface area contributed by atoms with E-state index >= 15 is 0 Å². The molecule has 0 aromatic carbocycles. The monoisotopic (exact) mass is 318 g/mol. The van der Waals surface area contributed by atoms with Gasteiger partial charge in [-0.05, 0) is 19.9 Å². The number of aliphatic hydroxyl groups is 1. The lowest BCUT2D eigenvalue weighted by atomic mass is 10.1. The predicted molar refractivity (Wildman–Crippen MR) is 74.6 cm³/mol. The Morgan fingerprint density at radius 1 is 1.32 bits per heavy atom. The SMILES string of the molecule is CCn1ncc(-c2cc(C(F)(F)F)nc(NN)n2)c1C.CO. The molecule has 0 saturated heterocycles. The lowest BCUT2D eigenvalue weighted by Crippen LogP contribution is -2.16. The molecule has 0 spiro atoms. The first kappa shape index (κ1) is 17.9. The van der Waals surface area contributed by atoms with E-state index in [1.54, 1.807) is 11.6 Å². The molecule has 2 aromatic heterocycles. The molecule has 0 radical (unpaired) electrons. The molecule has 0 fully saturated rings. The number of hydrazine groups is 1. The van der Waals surface area contributed by atoms with E-state index in [-0.39, 0.29) is 11.6 Å². The van der Waals surface area contributed by atoms with Crippen LogP contribution in [0.1, 0.15) is 18.3 Å². The van der Waals surface area contributed by atoms with Gasteiger partial charge in [0.2, 0.25) is 5.95 Å². The molecule has 0 saturated carbocycles. The lowest BCUT2D eigenvalue weighted by molar-refractivity contribution is -0.141. The molecule has 2 aromatic rings. The van der Waals surface area contributed by atoms with Crippen LogP contribution in [0.5, 0.6) is 0 Å². The van der Waals surface area contributed by atoms with Crippen LogP contribution in [0.2, 0.25) is 0 Å². The number of rotatable bonds is 3. The second-order valence-corrected chi connectivity index (χ2v) is 4.06. The van der Waals surface area contributed by atoms with Crippen LogP contribution in [0, 0.1) is 6.92 Å². The fourth-order valence-corrected chi connectivity index (χ4v) is 1.81. The number of hydrogen-bond acceptors (Lipinski definition) is 6. The fourth-order valence-electron chi connectivity index (χ4n) is 1.81. The van der Waals surface area contributed by atoms with Crippen LogP contribution >= 0.6 is 0 Å². The van der Waals surface area contributed by atoms with Crippen LogP contribution in [-0.4, -0.2) is 32.0 Å². The van der Waals surface area contributed by atoms with Gasteiger partial charge in [0, 0.05) is 24.9 Å². The summed E-state index contributed by atoms with van der Waals surface area (Å²) in [4.78, 5) is 7.25. The van der Waals surface area contributed by atoms with Crippen molar-refractivity contribution >= 4 is 5.95 Å². The summed E-state index contributed by atoms with van der Waals surface area (Å²) in [5, 5.41) is 11.1. The van der Waals surface area contributed by atoms with Crippen molar-refractivity contribution in [2.45, 2.75) is 26.6 Å². The summed E-state index contributed by atoms with van der Waals surface area (Å²) >= 11 is 0. The maximum atomic E-state index is 12.8. The van der Waals surface area contributed by atoms with Crippen LogP contribution in [0.4, 0.5) is 19.1 Å². The molecule has 10 heteroatoms. The average Bonchev–Trinajstić information content (AvgIpc) is 2.88. The Balaban J connectivity index is 0.00000116. The molecule has 0 amide bonds. The third kappa shape index (κ3) is 3.71. The van der Waals surface area contributed by atoms with Gasteiger partial charge in [0.25, 0.3) is 0 Å². The van der Waals surface area contributed by atoms with Gasteiger partial charge in [0.15, 0.2) is 5.69 Å². The van der Waals surface area contributed by atoms with Gasteiger partial charge in [-0.2, -0.15) is 18.3 Å². The molecule has 4 N–H and O–H groups in total. The number of halogens is 3. The summed E-state index contributed by atoms with van der Waals surface area (Å²) in [5.41, 5.74) is 2.34. The highest BCUT2D eigenvalue weighted by Gasteiger charge is 2.34. The Kier molecular flexibility index (Phi) is 5.83. The largest absolute Gasteiger partial charge is 0.433 e. The van der Waals surface area contributed by atoms with Crippen molar-refractivity contribution in [3.63, 3.8) is 0 Å². The van der Waals surface area contributed by atoms with Crippen molar-refractivity contribution in [3.05, 3.63) is 23.7 Å². The highest BCUT2D eigenvalue weighted by molar-refractivity contribution is 5.62. The van der Waals surface area contributed by atoms with Gasteiger partial charge in [0.05, 0.1) is 11.9 Å². The molecule has 7 nitrogen and oxygen atoms in total. The zero-order chi connectivity index (χ0) is 16.9. The summed E-state index contributed by atoms with van der Waals surface area (Å²) < 4.78 is 40.0.